The predicted octanol–water partition coefficient (Wildman–Crippen LogP) is 2.89. The van der Waals surface area contributed by atoms with Crippen molar-refractivity contribution in [2.24, 2.45) is 5.92 Å². The second-order valence-electron chi connectivity index (χ2n) is 6.66. The molecule has 1 aliphatic heterocycles. The van der Waals surface area contributed by atoms with Crippen LogP contribution in [0.15, 0.2) is 28.8 Å². The van der Waals surface area contributed by atoms with E-state index in [1.807, 2.05) is 13.8 Å². The van der Waals surface area contributed by atoms with Crippen LogP contribution in [-0.4, -0.2) is 27.0 Å². The zero-order chi connectivity index (χ0) is 18.2. The summed E-state index contributed by atoms with van der Waals surface area (Å²) in [5.74, 6) is 0.816. The molecule has 1 aromatic carbocycles. The summed E-state index contributed by atoms with van der Waals surface area (Å²) < 4.78 is 5.16. The first-order valence-corrected chi connectivity index (χ1v) is 8.39. The number of amides is 3. The zero-order valence-electron chi connectivity index (χ0n) is 14.2. The highest BCUT2D eigenvalue weighted by atomic mass is 35.5. The highest BCUT2D eigenvalue weighted by Crippen LogP contribution is 2.30. The molecule has 1 aromatic heterocycles. The van der Waals surface area contributed by atoms with Gasteiger partial charge in [0.15, 0.2) is 5.82 Å². The number of hydrogen-bond donors (Lipinski definition) is 1. The zero-order valence-corrected chi connectivity index (χ0v) is 15.0. The molecule has 3 rings (SSSR count). The van der Waals surface area contributed by atoms with Gasteiger partial charge in [-0.25, -0.2) is 4.79 Å². The molecule has 0 aliphatic carbocycles. The molecule has 2 heterocycles. The van der Waals surface area contributed by atoms with Crippen molar-refractivity contribution in [1.29, 1.82) is 0 Å². The number of rotatable bonds is 5. The fourth-order valence-electron chi connectivity index (χ4n) is 2.76. The lowest BCUT2D eigenvalue weighted by atomic mass is 9.92. The molecule has 0 spiro atoms. The number of aromatic nitrogens is 2. The SMILES string of the molecule is CC(C)Cc1noc(CN2C(=O)NC(C)(c3ccc(Cl)cc3)C2=O)n1. The third kappa shape index (κ3) is 3.37. The van der Waals surface area contributed by atoms with Gasteiger partial charge in [-0.05, 0) is 30.5 Å². The summed E-state index contributed by atoms with van der Waals surface area (Å²) in [5, 5.41) is 7.17. The van der Waals surface area contributed by atoms with Crippen molar-refractivity contribution in [3.05, 3.63) is 46.6 Å². The van der Waals surface area contributed by atoms with Gasteiger partial charge >= 0.3 is 6.03 Å². The van der Waals surface area contributed by atoms with E-state index in [0.717, 1.165) is 4.90 Å². The Morgan fingerprint density at radius 2 is 1.96 bits per heavy atom. The summed E-state index contributed by atoms with van der Waals surface area (Å²) in [4.78, 5) is 30.5. The minimum atomic E-state index is -1.15. The molecule has 0 bridgehead atoms. The van der Waals surface area contributed by atoms with E-state index in [-0.39, 0.29) is 18.3 Å². The number of nitrogens with zero attached hydrogens (tertiary/aromatic N) is 3. The lowest BCUT2D eigenvalue weighted by molar-refractivity contribution is -0.131. The molecule has 1 atom stereocenters. The largest absolute Gasteiger partial charge is 0.337 e. The van der Waals surface area contributed by atoms with Gasteiger partial charge in [0.05, 0.1) is 0 Å². The van der Waals surface area contributed by atoms with E-state index in [9.17, 15) is 9.59 Å². The van der Waals surface area contributed by atoms with E-state index in [1.54, 1.807) is 31.2 Å². The van der Waals surface area contributed by atoms with Crippen molar-refractivity contribution < 1.29 is 14.1 Å². The molecule has 1 unspecified atom stereocenters. The van der Waals surface area contributed by atoms with E-state index in [4.69, 9.17) is 16.1 Å². The van der Waals surface area contributed by atoms with Crippen LogP contribution in [0.3, 0.4) is 0 Å². The normalized spacial score (nSPS) is 20.4. The number of carbonyl (C=O) groups is 2. The van der Waals surface area contributed by atoms with Crippen molar-refractivity contribution in [3.8, 4) is 0 Å². The van der Waals surface area contributed by atoms with E-state index in [2.05, 4.69) is 15.5 Å². The van der Waals surface area contributed by atoms with Gasteiger partial charge in [-0.15, -0.1) is 0 Å². The third-order valence-electron chi connectivity index (χ3n) is 4.09. The molecule has 1 fully saturated rings. The number of imide groups is 1. The average Bonchev–Trinajstić information content (AvgIpc) is 3.06. The highest BCUT2D eigenvalue weighted by Gasteiger charge is 2.49. The van der Waals surface area contributed by atoms with Crippen LogP contribution in [0.4, 0.5) is 4.79 Å². The molecule has 25 heavy (non-hydrogen) atoms. The van der Waals surface area contributed by atoms with Crippen molar-refractivity contribution in [3.63, 3.8) is 0 Å². The molecule has 2 aromatic rings. The molecule has 3 amide bonds. The van der Waals surface area contributed by atoms with Crippen molar-refractivity contribution >= 4 is 23.5 Å². The van der Waals surface area contributed by atoms with Crippen molar-refractivity contribution in [2.75, 3.05) is 0 Å². The maximum Gasteiger partial charge on any atom is 0.325 e. The number of benzene rings is 1. The topological polar surface area (TPSA) is 88.3 Å². The number of nitrogens with one attached hydrogen (secondary N) is 1. The summed E-state index contributed by atoms with van der Waals surface area (Å²) >= 11 is 5.89. The lowest BCUT2D eigenvalue weighted by Crippen LogP contribution is -2.40. The first-order chi connectivity index (χ1) is 11.8. The van der Waals surface area contributed by atoms with Crippen LogP contribution < -0.4 is 5.32 Å². The number of halogens is 1. The average molecular weight is 363 g/mol. The van der Waals surface area contributed by atoms with Crippen LogP contribution in [0, 0.1) is 5.92 Å². The molecule has 132 valence electrons. The second kappa shape index (κ2) is 6.48. The Bertz CT molecular complexity index is 802. The summed E-state index contributed by atoms with van der Waals surface area (Å²) in [5.41, 5.74) is -0.494. The number of urea groups is 1. The summed E-state index contributed by atoms with van der Waals surface area (Å²) in [7, 11) is 0. The van der Waals surface area contributed by atoms with Crippen LogP contribution >= 0.6 is 11.6 Å². The summed E-state index contributed by atoms with van der Waals surface area (Å²) in [6.07, 6.45) is 0.673. The Kier molecular flexibility index (Phi) is 4.51. The van der Waals surface area contributed by atoms with E-state index in [0.29, 0.717) is 28.7 Å². The Balaban J connectivity index is 1.79. The minimum absolute atomic E-state index is 0.0566. The first-order valence-electron chi connectivity index (χ1n) is 8.01. The molecule has 1 N–H and O–H groups in total. The minimum Gasteiger partial charge on any atom is -0.337 e. The monoisotopic (exact) mass is 362 g/mol. The highest BCUT2D eigenvalue weighted by molar-refractivity contribution is 6.30. The van der Waals surface area contributed by atoms with E-state index in [1.165, 1.54) is 0 Å². The standard InChI is InChI=1S/C17H19ClN4O3/c1-10(2)8-13-19-14(25-21-13)9-22-15(23)17(3,20-16(22)24)11-4-6-12(18)7-5-11/h4-7,10H,8-9H2,1-3H3,(H,20,24). The van der Waals surface area contributed by atoms with Gasteiger partial charge in [-0.2, -0.15) is 4.98 Å². The Labute approximate surface area is 150 Å². The Morgan fingerprint density at radius 3 is 2.60 bits per heavy atom. The number of carbonyl (C=O) groups excluding carboxylic acids is 2. The maximum atomic E-state index is 12.8. The quantitative estimate of drug-likeness (QED) is 0.826. The molecule has 1 aliphatic rings. The maximum absolute atomic E-state index is 12.8. The van der Waals surface area contributed by atoms with Crippen LogP contribution in [0.2, 0.25) is 5.02 Å². The van der Waals surface area contributed by atoms with Crippen molar-refractivity contribution in [2.45, 2.75) is 39.3 Å². The first kappa shape index (κ1) is 17.4. The van der Waals surface area contributed by atoms with Gasteiger partial charge < -0.3 is 9.84 Å². The second-order valence-corrected chi connectivity index (χ2v) is 7.09. The number of hydrogen-bond acceptors (Lipinski definition) is 5. The molecular formula is C17H19ClN4O3. The van der Waals surface area contributed by atoms with Crippen molar-refractivity contribution in [1.82, 2.24) is 20.4 Å². The summed E-state index contributed by atoms with van der Waals surface area (Å²) in [6.45, 7) is 5.70. The summed E-state index contributed by atoms with van der Waals surface area (Å²) in [6, 6.07) is 6.31. The fourth-order valence-corrected chi connectivity index (χ4v) is 2.88. The van der Waals surface area contributed by atoms with E-state index >= 15 is 0 Å². The molecule has 0 saturated carbocycles. The lowest BCUT2D eigenvalue weighted by Gasteiger charge is -2.22. The molecule has 1 saturated heterocycles. The van der Waals surface area contributed by atoms with Gasteiger partial charge in [0.25, 0.3) is 5.91 Å². The molecule has 0 radical (unpaired) electrons. The van der Waals surface area contributed by atoms with Gasteiger partial charge in [-0.3, -0.25) is 9.69 Å². The van der Waals surface area contributed by atoms with Gasteiger partial charge in [0.1, 0.15) is 12.1 Å². The predicted molar refractivity (Wildman–Crippen MR) is 90.7 cm³/mol. The fraction of sp³-hybridized carbons (Fsp3) is 0.412. The Morgan fingerprint density at radius 1 is 1.28 bits per heavy atom. The van der Waals surface area contributed by atoms with Crippen LogP contribution in [0.1, 0.15) is 38.0 Å². The molecule has 7 nitrogen and oxygen atoms in total. The molecule has 8 heteroatoms. The smallest absolute Gasteiger partial charge is 0.325 e. The van der Waals surface area contributed by atoms with Crippen LogP contribution in [0.5, 0.6) is 0 Å². The van der Waals surface area contributed by atoms with Crippen LogP contribution in [-0.2, 0) is 23.3 Å². The van der Waals surface area contributed by atoms with E-state index < -0.39 is 11.6 Å². The molecular weight excluding hydrogens is 344 g/mol. The third-order valence-corrected chi connectivity index (χ3v) is 4.34. The Hall–Kier alpha value is -2.41. The van der Waals surface area contributed by atoms with Gasteiger partial charge in [-0.1, -0.05) is 42.7 Å². The van der Waals surface area contributed by atoms with Gasteiger partial charge in [0.2, 0.25) is 5.89 Å². The van der Waals surface area contributed by atoms with Crippen LogP contribution in [0.25, 0.3) is 0 Å². The van der Waals surface area contributed by atoms with Gasteiger partial charge in [0, 0.05) is 11.4 Å².